The van der Waals surface area contributed by atoms with Gasteiger partial charge in [-0.3, -0.25) is 4.90 Å². The predicted octanol–water partition coefficient (Wildman–Crippen LogP) is 2.46. The Kier molecular flexibility index (Phi) is 5.31. The Balaban J connectivity index is 1.85. The lowest BCUT2D eigenvalue weighted by Gasteiger charge is -2.48. The average molecular weight is 365 g/mol. The molecule has 18 heavy (non-hydrogen) atoms. The molecule has 0 N–H and O–H groups in total. The summed E-state index contributed by atoms with van der Waals surface area (Å²) < 4.78 is 2.44. The highest BCUT2D eigenvalue weighted by Crippen LogP contribution is 2.26. The van der Waals surface area contributed by atoms with Crippen LogP contribution >= 0.6 is 22.9 Å². The van der Waals surface area contributed by atoms with Crippen LogP contribution in [0.4, 0.5) is 0 Å². The second-order valence-corrected chi connectivity index (χ2v) is 7.84. The smallest absolute Gasteiger partial charge is 0.0280 e. The van der Waals surface area contributed by atoms with Crippen LogP contribution in [0.1, 0.15) is 33.6 Å². The minimum atomic E-state index is 0.357. The van der Waals surface area contributed by atoms with Gasteiger partial charge < -0.3 is 4.90 Å². The quantitative estimate of drug-likeness (QED) is 0.562. The first kappa shape index (κ1) is 15.0. The first-order valence-corrected chi connectivity index (χ1v) is 8.36. The molecule has 2 aliphatic rings. The zero-order chi connectivity index (χ0) is 13.2. The van der Waals surface area contributed by atoms with Crippen molar-refractivity contribution in [2.75, 3.05) is 45.8 Å². The van der Waals surface area contributed by atoms with E-state index in [0.29, 0.717) is 5.54 Å². The van der Waals surface area contributed by atoms with Crippen molar-refractivity contribution in [1.82, 2.24) is 12.9 Å². The Morgan fingerprint density at radius 1 is 1.11 bits per heavy atom. The van der Waals surface area contributed by atoms with Crippen molar-refractivity contribution in [3.8, 4) is 0 Å². The Hall–Kier alpha value is 0.610. The molecule has 0 amide bonds. The Labute approximate surface area is 126 Å². The molecule has 0 spiro atoms. The summed E-state index contributed by atoms with van der Waals surface area (Å²) in [5.41, 5.74) is 0.357. The monoisotopic (exact) mass is 365 g/mol. The molecule has 106 valence electrons. The second-order valence-electron chi connectivity index (χ2n) is 6.48. The molecule has 3 nitrogen and oxygen atoms in total. The van der Waals surface area contributed by atoms with Crippen LogP contribution in [-0.2, 0) is 0 Å². The highest BCUT2D eigenvalue weighted by molar-refractivity contribution is 14.1. The van der Waals surface area contributed by atoms with Crippen LogP contribution in [0.5, 0.6) is 0 Å². The van der Waals surface area contributed by atoms with Gasteiger partial charge in [0.05, 0.1) is 0 Å². The molecule has 0 aliphatic carbocycles. The molecule has 0 atom stereocenters. The van der Waals surface area contributed by atoms with E-state index in [1.54, 1.807) is 0 Å². The standard InChI is InChI=1S/C14H28IN3/c1-4-16-9-10-17(14(2,3)12-16)11-13-5-7-18(15)8-6-13/h13H,4-12H2,1-3H3. The zero-order valence-electron chi connectivity index (χ0n) is 12.2. The zero-order valence-corrected chi connectivity index (χ0v) is 14.3. The van der Waals surface area contributed by atoms with Gasteiger partial charge in [-0.25, -0.2) is 3.11 Å². The van der Waals surface area contributed by atoms with E-state index in [9.17, 15) is 0 Å². The van der Waals surface area contributed by atoms with Gasteiger partial charge in [-0.1, -0.05) is 6.92 Å². The van der Waals surface area contributed by atoms with E-state index in [0.717, 1.165) is 5.92 Å². The van der Waals surface area contributed by atoms with Gasteiger partial charge in [-0.2, -0.15) is 0 Å². The Morgan fingerprint density at radius 2 is 1.78 bits per heavy atom. The maximum Gasteiger partial charge on any atom is 0.0280 e. The first-order valence-electron chi connectivity index (χ1n) is 7.39. The summed E-state index contributed by atoms with van der Waals surface area (Å²) in [6, 6.07) is 0. The Bertz CT molecular complexity index is 262. The lowest BCUT2D eigenvalue weighted by Crippen LogP contribution is -2.60. The van der Waals surface area contributed by atoms with Crippen molar-refractivity contribution in [2.24, 2.45) is 5.92 Å². The fraction of sp³-hybridized carbons (Fsp3) is 1.00. The fourth-order valence-corrected chi connectivity index (χ4v) is 3.85. The minimum absolute atomic E-state index is 0.357. The average Bonchev–Trinajstić information content (AvgIpc) is 2.34. The normalized spacial score (nSPS) is 28.7. The SMILES string of the molecule is CCN1CCN(CC2CCN(I)CC2)C(C)(C)C1. The molecule has 0 unspecified atom stereocenters. The summed E-state index contributed by atoms with van der Waals surface area (Å²) in [6.07, 6.45) is 2.76. The number of piperidine rings is 1. The van der Waals surface area contributed by atoms with Crippen LogP contribution in [0.25, 0.3) is 0 Å². The van der Waals surface area contributed by atoms with Gasteiger partial charge in [0.2, 0.25) is 0 Å². The summed E-state index contributed by atoms with van der Waals surface area (Å²) in [5.74, 6) is 0.920. The van der Waals surface area contributed by atoms with E-state index >= 15 is 0 Å². The van der Waals surface area contributed by atoms with Gasteiger partial charge >= 0.3 is 0 Å². The summed E-state index contributed by atoms with van der Waals surface area (Å²) in [4.78, 5) is 5.33. The molecule has 0 radical (unpaired) electrons. The molecule has 2 aliphatic heterocycles. The van der Waals surface area contributed by atoms with Gasteiger partial charge in [0.15, 0.2) is 0 Å². The molecule has 0 bridgehead atoms. The number of hydrogen-bond acceptors (Lipinski definition) is 3. The van der Waals surface area contributed by atoms with Gasteiger partial charge in [0.1, 0.15) is 0 Å². The summed E-state index contributed by atoms with van der Waals surface area (Å²) >= 11 is 2.47. The van der Waals surface area contributed by atoms with Gasteiger partial charge in [0, 0.05) is 67.7 Å². The number of piperazine rings is 1. The van der Waals surface area contributed by atoms with Crippen LogP contribution in [0, 0.1) is 5.92 Å². The number of rotatable bonds is 3. The van der Waals surface area contributed by atoms with Crippen molar-refractivity contribution in [1.29, 1.82) is 0 Å². The lowest BCUT2D eigenvalue weighted by molar-refractivity contribution is 0.00696. The lowest BCUT2D eigenvalue weighted by atomic mass is 9.92. The molecular formula is C14H28IN3. The highest BCUT2D eigenvalue weighted by Gasteiger charge is 2.34. The summed E-state index contributed by atoms with van der Waals surface area (Å²) in [5, 5.41) is 0. The van der Waals surface area contributed by atoms with Crippen LogP contribution < -0.4 is 0 Å². The molecule has 2 saturated heterocycles. The third-order valence-electron chi connectivity index (χ3n) is 4.64. The van der Waals surface area contributed by atoms with Crippen LogP contribution in [0.2, 0.25) is 0 Å². The molecule has 2 rings (SSSR count). The molecular weight excluding hydrogens is 337 g/mol. The van der Waals surface area contributed by atoms with Crippen molar-refractivity contribution in [3.05, 3.63) is 0 Å². The predicted molar refractivity (Wildman–Crippen MR) is 86.1 cm³/mol. The minimum Gasteiger partial charge on any atom is -0.301 e. The molecule has 0 saturated carbocycles. The van der Waals surface area contributed by atoms with Crippen molar-refractivity contribution in [2.45, 2.75) is 39.2 Å². The van der Waals surface area contributed by atoms with E-state index in [2.05, 4.69) is 56.5 Å². The molecule has 2 heterocycles. The largest absolute Gasteiger partial charge is 0.301 e. The second kappa shape index (κ2) is 6.37. The molecule has 2 fully saturated rings. The van der Waals surface area contributed by atoms with Gasteiger partial charge in [-0.05, 0) is 39.2 Å². The highest BCUT2D eigenvalue weighted by atomic mass is 127. The number of likely N-dealkylation sites (N-methyl/N-ethyl adjacent to an activating group) is 1. The number of nitrogens with zero attached hydrogens (tertiary/aromatic N) is 3. The first-order chi connectivity index (χ1) is 8.51. The fourth-order valence-electron chi connectivity index (χ4n) is 3.30. The van der Waals surface area contributed by atoms with Crippen LogP contribution in [-0.4, -0.2) is 64.3 Å². The van der Waals surface area contributed by atoms with E-state index in [-0.39, 0.29) is 0 Å². The van der Waals surface area contributed by atoms with Gasteiger partial charge in [-0.15, -0.1) is 0 Å². The number of hydrogen-bond donors (Lipinski definition) is 0. The third kappa shape index (κ3) is 3.81. The van der Waals surface area contributed by atoms with E-state index in [1.807, 2.05) is 0 Å². The van der Waals surface area contributed by atoms with Gasteiger partial charge in [0.25, 0.3) is 0 Å². The summed E-state index contributed by atoms with van der Waals surface area (Å²) in [6.45, 7) is 15.9. The van der Waals surface area contributed by atoms with Crippen LogP contribution in [0.3, 0.4) is 0 Å². The van der Waals surface area contributed by atoms with E-state index in [1.165, 1.54) is 58.7 Å². The molecule has 4 heteroatoms. The molecule has 0 aromatic heterocycles. The maximum atomic E-state index is 2.74. The topological polar surface area (TPSA) is 9.72 Å². The molecule has 0 aromatic rings. The number of halogens is 1. The Morgan fingerprint density at radius 3 is 2.33 bits per heavy atom. The summed E-state index contributed by atoms with van der Waals surface area (Å²) in [7, 11) is 0. The van der Waals surface area contributed by atoms with E-state index in [4.69, 9.17) is 0 Å². The third-order valence-corrected chi connectivity index (χ3v) is 5.60. The van der Waals surface area contributed by atoms with Crippen molar-refractivity contribution in [3.63, 3.8) is 0 Å². The van der Waals surface area contributed by atoms with Crippen molar-refractivity contribution < 1.29 is 0 Å². The molecule has 0 aromatic carbocycles. The van der Waals surface area contributed by atoms with Crippen molar-refractivity contribution >= 4 is 22.9 Å². The van der Waals surface area contributed by atoms with Crippen LogP contribution in [0.15, 0.2) is 0 Å². The maximum absolute atomic E-state index is 2.74. The van der Waals surface area contributed by atoms with E-state index < -0.39 is 0 Å².